The molecule has 1 aliphatic rings. The van der Waals surface area contributed by atoms with Gasteiger partial charge in [-0.2, -0.15) is 0 Å². The van der Waals surface area contributed by atoms with Crippen molar-refractivity contribution in [2.45, 2.75) is 25.8 Å². The number of carbonyl (C=O) groups excluding carboxylic acids is 1. The molecular weight excluding hydrogens is 370 g/mol. The lowest BCUT2D eigenvalue weighted by molar-refractivity contribution is -0.138. The molecule has 152 valence electrons. The zero-order chi connectivity index (χ0) is 21.0. The number of hydrogen-bond donors (Lipinski definition) is 3. The van der Waals surface area contributed by atoms with Crippen molar-refractivity contribution in [2.75, 3.05) is 13.2 Å². The second kappa shape index (κ2) is 8.77. The number of likely N-dealkylation sites (tertiary alicyclic amines) is 1. The number of carbonyl (C=O) groups is 2. The van der Waals surface area contributed by atoms with E-state index in [1.54, 1.807) is 4.90 Å². The third-order valence-electron chi connectivity index (χ3n) is 5.19. The fourth-order valence-electron chi connectivity index (χ4n) is 3.73. The second-order valence-electron chi connectivity index (χ2n) is 7.35. The summed E-state index contributed by atoms with van der Waals surface area (Å²) in [5.41, 5.74) is 8.19. The number of carboxylic acid groups (broad SMARTS) is 1. The van der Waals surface area contributed by atoms with Gasteiger partial charge in [0.2, 0.25) is 5.91 Å². The quantitative estimate of drug-likeness (QED) is 0.492. The Bertz CT molecular complexity index is 893. The zero-order valence-corrected chi connectivity index (χ0v) is 16.3. The lowest BCUT2D eigenvalue weighted by Crippen LogP contribution is -2.37. The zero-order valence-electron chi connectivity index (χ0n) is 16.3. The van der Waals surface area contributed by atoms with Crippen LogP contribution in [0.4, 0.5) is 0 Å². The van der Waals surface area contributed by atoms with Gasteiger partial charge in [0.15, 0.2) is 0 Å². The Hall–Kier alpha value is -3.35. The summed E-state index contributed by atoms with van der Waals surface area (Å²) >= 11 is 0. The highest BCUT2D eigenvalue weighted by atomic mass is 16.5. The van der Waals surface area contributed by atoms with Crippen LogP contribution in [0.15, 0.2) is 48.5 Å². The smallest absolute Gasteiger partial charge is 0.303 e. The molecule has 7 nitrogen and oxygen atoms in total. The first-order valence-corrected chi connectivity index (χ1v) is 9.50. The number of nitrogen functional groups attached to an aromatic ring is 1. The van der Waals surface area contributed by atoms with Crippen molar-refractivity contribution in [2.24, 2.45) is 11.7 Å². The van der Waals surface area contributed by atoms with E-state index in [0.29, 0.717) is 30.9 Å². The number of nitrogens with zero attached hydrogens (tertiary/aromatic N) is 1. The molecule has 7 heteroatoms. The van der Waals surface area contributed by atoms with E-state index in [9.17, 15) is 9.59 Å². The first-order chi connectivity index (χ1) is 13.8. The van der Waals surface area contributed by atoms with Crippen LogP contribution < -0.4 is 10.5 Å². The van der Waals surface area contributed by atoms with Gasteiger partial charge >= 0.3 is 5.97 Å². The molecule has 1 fully saturated rings. The van der Waals surface area contributed by atoms with Crippen LogP contribution in [-0.2, 0) is 9.59 Å². The van der Waals surface area contributed by atoms with Gasteiger partial charge in [-0.05, 0) is 35.6 Å². The van der Waals surface area contributed by atoms with Gasteiger partial charge in [-0.25, -0.2) is 0 Å². The van der Waals surface area contributed by atoms with Gasteiger partial charge in [0.25, 0.3) is 0 Å². The molecule has 0 aromatic heterocycles. The Morgan fingerprint density at radius 1 is 1.14 bits per heavy atom. The highest BCUT2D eigenvalue weighted by Gasteiger charge is 2.35. The van der Waals surface area contributed by atoms with E-state index in [4.69, 9.17) is 21.0 Å². The minimum atomic E-state index is -0.841. The van der Waals surface area contributed by atoms with Gasteiger partial charge in [0.05, 0.1) is 6.04 Å². The number of ether oxygens (including phenoxy) is 1. The molecule has 4 N–H and O–H groups in total. The molecule has 1 unspecified atom stereocenters. The summed E-state index contributed by atoms with van der Waals surface area (Å²) in [7, 11) is 0. The highest BCUT2D eigenvalue weighted by molar-refractivity contribution is 5.95. The average molecular weight is 395 g/mol. The molecule has 2 aromatic carbocycles. The van der Waals surface area contributed by atoms with Gasteiger partial charge in [0.1, 0.15) is 18.2 Å². The van der Waals surface area contributed by atoms with Crippen LogP contribution in [0.3, 0.4) is 0 Å². The molecule has 3 rings (SSSR count). The minimum absolute atomic E-state index is 0.0367. The van der Waals surface area contributed by atoms with Crippen molar-refractivity contribution in [3.05, 3.63) is 54.1 Å². The monoisotopic (exact) mass is 395 g/mol. The third kappa shape index (κ3) is 5.13. The van der Waals surface area contributed by atoms with E-state index in [0.717, 1.165) is 11.1 Å². The maximum atomic E-state index is 11.9. The summed E-state index contributed by atoms with van der Waals surface area (Å²) in [4.78, 5) is 24.5. The molecule has 29 heavy (non-hydrogen) atoms. The van der Waals surface area contributed by atoms with E-state index in [2.05, 4.69) is 0 Å². The van der Waals surface area contributed by atoms with Gasteiger partial charge in [-0.1, -0.05) is 36.4 Å². The maximum absolute atomic E-state index is 11.9. The van der Waals surface area contributed by atoms with Crippen LogP contribution >= 0.6 is 0 Å². The molecule has 2 aromatic rings. The number of amides is 1. The predicted molar refractivity (Wildman–Crippen MR) is 110 cm³/mol. The summed E-state index contributed by atoms with van der Waals surface area (Å²) in [6.07, 6.45) is 0.698. The molecule has 1 aliphatic heterocycles. The molecule has 1 saturated heterocycles. The maximum Gasteiger partial charge on any atom is 0.303 e. The molecule has 2 atom stereocenters. The molecule has 0 spiro atoms. The first-order valence-electron chi connectivity index (χ1n) is 9.50. The second-order valence-corrected chi connectivity index (χ2v) is 7.35. The summed E-state index contributed by atoms with van der Waals surface area (Å²) in [5, 5.41) is 16.5. The van der Waals surface area contributed by atoms with Crippen LogP contribution in [0, 0.1) is 11.3 Å². The van der Waals surface area contributed by atoms with Gasteiger partial charge in [-0.3, -0.25) is 15.0 Å². The standard InChI is InChI=1S/C22H25N3O4/c1-14(26)25-12-15(11-21(27)28)10-19(25)13-29-20-8-6-17(7-9-20)16-2-4-18(5-3-16)22(23)24/h2-9,15,19H,10-13H2,1H3,(H3,23,24)(H,27,28)/t15?,19-/m0/s1. The first kappa shape index (κ1) is 20.4. The lowest BCUT2D eigenvalue weighted by Gasteiger charge is -2.23. The fraction of sp³-hybridized carbons (Fsp3) is 0.318. The van der Waals surface area contributed by atoms with Crippen LogP contribution in [-0.4, -0.2) is 46.9 Å². The Morgan fingerprint density at radius 2 is 1.72 bits per heavy atom. The molecule has 1 amide bonds. The minimum Gasteiger partial charge on any atom is -0.491 e. The Balaban J connectivity index is 1.61. The third-order valence-corrected chi connectivity index (χ3v) is 5.19. The van der Waals surface area contributed by atoms with E-state index in [-0.39, 0.29) is 30.1 Å². The van der Waals surface area contributed by atoms with Crippen LogP contribution in [0.2, 0.25) is 0 Å². The summed E-state index contributed by atoms with van der Waals surface area (Å²) in [5.74, 6) is -0.204. The van der Waals surface area contributed by atoms with Gasteiger partial charge in [0, 0.05) is 25.5 Å². The predicted octanol–water partition coefficient (Wildman–Crippen LogP) is 2.73. The number of nitrogens with two attached hydrogens (primary N) is 1. The van der Waals surface area contributed by atoms with E-state index in [1.165, 1.54) is 6.92 Å². The van der Waals surface area contributed by atoms with Crippen molar-refractivity contribution in [3.8, 4) is 16.9 Å². The molecule has 0 bridgehead atoms. The Labute approximate surface area is 169 Å². The summed E-state index contributed by atoms with van der Waals surface area (Å²) in [6.45, 7) is 2.30. The normalized spacial score (nSPS) is 18.4. The largest absolute Gasteiger partial charge is 0.491 e. The van der Waals surface area contributed by atoms with E-state index >= 15 is 0 Å². The summed E-state index contributed by atoms with van der Waals surface area (Å²) < 4.78 is 5.88. The lowest BCUT2D eigenvalue weighted by atomic mass is 10.0. The Morgan fingerprint density at radius 3 is 2.24 bits per heavy atom. The van der Waals surface area contributed by atoms with E-state index in [1.807, 2.05) is 48.5 Å². The van der Waals surface area contributed by atoms with Crippen molar-refractivity contribution in [1.82, 2.24) is 4.90 Å². The van der Waals surface area contributed by atoms with Crippen LogP contribution in [0.25, 0.3) is 11.1 Å². The van der Waals surface area contributed by atoms with Gasteiger partial charge < -0.3 is 20.5 Å². The molecule has 1 heterocycles. The van der Waals surface area contributed by atoms with Crippen molar-refractivity contribution < 1.29 is 19.4 Å². The fourth-order valence-corrected chi connectivity index (χ4v) is 3.73. The molecule has 0 aliphatic carbocycles. The molecule has 0 radical (unpaired) electrons. The topological polar surface area (TPSA) is 117 Å². The average Bonchev–Trinajstić information content (AvgIpc) is 3.09. The number of hydrogen-bond acceptors (Lipinski definition) is 4. The molecular formula is C22H25N3O4. The highest BCUT2D eigenvalue weighted by Crippen LogP contribution is 2.28. The SMILES string of the molecule is CC(=O)N1CC(CC(=O)O)C[C@H]1COc1ccc(-c2ccc(C(=N)N)cc2)cc1. The number of amidine groups is 1. The number of aliphatic carboxylic acids is 1. The van der Waals surface area contributed by atoms with E-state index < -0.39 is 5.97 Å². The van der Waals surface area contributed by atoms with Crippen molar-refractivity contribution in [1.29, 1.82) is 5.41 Å². The Kier molecular flexibility index (Phi) is 6.16. The number of rotatable bonds is 7. The van der Waals surface area contributed by atoms with Crippen molar-refractivity contribution >= 4 is 17.7 Å². The number of nitrogens with one attached hydrogen (secondary N) is 1. The molecule has 0 saturated carbocycles. The number of benzene rings is 2. The summed E-state index contributed by atoms with van der Waals surface area (Å²) in [6, 6.07) is 15.0. The van der Waals surface area contributed by atoms with Crippen molar-refractivity contribution in [3.63, 3.8) is 0 Å². The van der Waals surface area contributed by atoms with Crippen LogP contribution in [0.5, 0.6) is 5.75 Å². The van der Waals surface area contributed by atoms with Crippen LogP contribution in [0.1, 0.15) is 25.3 Å². The number of carboxylic acids is 1. The van der Waals surface area contributed by atoms with Gasteiger partial charge in [-0.15, -0.1) is 0 Å².